The van der Waals surface area contributed by atoms with Crippen LogP contribution in [0.25, 0.3) is 0 Å². The number of carbonyl (C=O) groups excluding carboxylic acids is 1. The summed E-state index contributed by atoms with van der Waals surface area (Å²) < 4.78 is 0. The molecule has 2 rings (SSSR count). The fourth-order valence-electron chi connectivity index (χ4n) is 2.28. The third-order valence-corrected chi connectivity index (χ3v) is 4.19. The third kappa shape index (κ3) is 2.89. The molecule has 0 saturated carbocycles. The maximum Gasteiger partial charge on any atom is 0.252 e. The zero-order chi connectivity index (χ0) is 12.6. The van der Waals surface area contributed by atoms with Crippen molar-refractivity contribution in [1.82, 2.24) is 5.32 Å². The van der Waals surface area contributed by atoms with Crippen molar-refractivity contribution in [1.29, 1.82) is 0 Å². The van der Waals surface area contributed by atoms with Gasteiger partial charge in [0.05, 0.1) is 5.56 Å². The van der Waals surface area contributed by atoms with E-state index in [0.717, 1.165) is 24.3 Å². The Balaban J connectivity index is 2.20. The Bertz CT molecular complexity index is 428. The zero-order valence-electron chi connectivity index (χ0n) is 11.1. The molecule has 1 unspecified atom stereocenters. The molecule has 0 spiro atoms. The van der Waals surface area contributed by atoms with Crippen LogP contribution in [-0.4, -0.2) is 11.4 Å². The third-order valence-electron chi connectivity index (χ3n) is 3.13. The van der Waals surface area contributed by atoms with Gasteiger partial charge in [-0.2, -0.15) is 0 Å². The number of thiophene rings is 1. The summed E-state index contributed by atoms with van der Waals surface area (Å²) in [6, 6.07) is 0. The predicted octanol–water partition coefficient (Wildman–Crippen LogP) is 3.40. The van der Waals surface area contributed by atoms with Gasteiger partial charge < -0.3 is 5.32 Å². The van der Waals surface area contributed by atoms with Crippen molar-refractivity contribution in [3.63, 3.8) is 0 Å². The second kappa shape index (κ2) is 4.45. The lowest BCUT2D eigenvalue weighted by atomic mass is 9.88. The molecular weight excluding hydrogens is 230 g/mol. The van der Waals surface area contributed by atoms with Gasteiger partial charge in [-0.3, -0.25) is 4.79 Å². The molecule has 17 heavy (non-hydrogen) atoms. The fourth-order valence-corrected chi connectivity index (χ4v) is 3.52. The number of amides is 1. The second-order valence-corrected chi connectivity index (χ2v) is 7.07. The van der Waals surface area contributed by atoms with Crippen LogP contribution in [-0.2, 0) is 12.8 Å². The van der Waals surface area contributed by atoms with Gasteiger partial charge in [-0.05, 0) is 51.5 Å². The van der Waals surface area contributed by atoms with Gasteiger partial charge in [0.15, 0.2) is 0 Å². The summed E-state index contributed by atoms with van der Waals surface area (Å²) in [6.45, 7) is 8.35. The van der Waals surface area contributed by atoms with Crippen LogP contribution in [0.1, 0.15) is 54.9 Å². The summed E-state index contributed by atoms with van der Waals surface area (Å²) in [7, 11) is 0. The largest absolute Gasteiger partial charge is 0.347 e. The van der Waals surface area contributed by atoms with E-state index in [0.29, 0.717) is 0 Å². The Hall–Kier alpha value is -0.830. The van der Waals surface area contributed by atoms with Gasteiger partial charge in [-0.25, -0.2) is 0 Å². The van der Waals surface area contributed by atoms with Crippen molar-refractivity contribution in [2.45, 2.75) is 52.5 Å². The summed E-state index contributed by atoms with van der Waals surface area (Å²) in [5.74, 6) is 0.851. The van der Waals surface area contributed by atoms with Crippen molar-refractivity contribution in [2.24, 2.45) is 5.92 Å². The van der Waals surface area contributed by atoms with Gasteiger partial charge in [-0.15, -0.1) is 11.3 Å². The highest BCUT2D eigenvalue weighted by Gasteiger charge is 2.24. The molecule has 1 aromatic rings. The lowest BCUT2D eigenvalue weighted by Gasteiger charge is -2.22. The normalized spacial score (nSPS) is 19.9. The average molecular weight is 251 g/mol. The molecular formula is C14H21NOS. The van der Waals surface area contributed by atoms with Crippen molar-refractivity contribution in [2.75, 3.05) is 0 Å². The summed E-state index contributed by atoms with van der Waals surface area (Å²) in [5, 5.41) is 5.08. The minimum atomic E-state index is -0.159. The lowest BCUT2D eigenvalue weighted by Crippen LogP contribution is -2.40. The van der Waals surface area contributed by atoms with E-state index < -0.39 is 0 Å². The highest BCUT2D eigenvalue weighted by atomic mass is 32.1. The molecule has 0 aliphatic heterocycles. The quantitative estimate of drug-likeness (QED) is 0.814. The summed E-state index contributed by atoms with van der Waals surface area (Å²) in [5.41, 5.74) is 2.05. The van der Waals surface area contributed by atoms with Crippen LogP contribution in [0.4, 0.5) is 0 Å². The van der Waals surface area contributed by atoms with Gasteiger partial charge >= 0.3 is 0 Å². The SMILES string of the molecule is CC1CCc2c(C(=O)NC(C)(C)C)csc2C1. The highest BCUT2D eigenvalue weighted by molar-refractivity contribution is 7.10. The van der Waals surface area contributed by atoms with E-state index in [1.165, 1.54) is 16.9 Å². The number of hydrogen-bond acceptors (Lipinski definition) is 2. The summed E-state index contributed by atoms with van der Waals surface area (Å²) in [6.07, 6.45) is 3.41. The van der Waals surface area contributed by atoms with E-state index in [-0.39, 0.29) is 11.4 Å². The Morgan fingerprint density at radius 2 is 2.18 bits per heavy atom. The summed E-state index contributed by atoms with van der Waals surface area (Å²) in [4.78, 5) is 13.6. The molecule has 0 saturated heterocycles. The van der Waals surface area contributed by atoms with Crippen molar-refractivity contribution < 1.29 is 4.79 Å². The number of nitrogens with one attached hydrogen (secondary N) is 1. The fraction of sp³-hybridized carbons (Fsp3) is 0.643. The highest BCUT2D eigenvalue weighted by Crippen LogP contribution is 2.32. The lowest BCUT2D eigenvalue weighted by molar-refractivity contribution is 0.0918. The first-order chi connectivity index (χ1) is 7.87. The van der Waals surface area contributed by atoms with Gasteiger partial charge in [0.1, 0.15) is 0 Å². The first-order valence-electron chi connectivity index (χ1n) is 6.28. The topological polar surface area (TPSA) is 29.1 Å². The van der Waals surface area contributed by atoms with Crippen molar-refractivity contribution in [3.05, 3.63) is 21.4 Å². The molecule has 94 valence electrons. The Morgan fingerprint density at radius 3 is 2.82 bits per heavy atom. The van der Waals surface area contributed by atoms with Crippen molar-refractivity contribution in [3.8, 4) is 0 Å². The van der Waals surface area contributed by atoms with E-state index in [1.807, 2.05) is 26.2 Å². The van der Waals surface area contributed by atoms with Crippen LogP contribution < -0.4 is 5.32 Å². The van der Waals surface area contributed by atoms with Gasteiger partial charge in [0.25, 0.3) is 5.91 Å². The second-order valence-electron chi connectivity index (χ2n) is 6.10. The molecule has 1 atom stereocenters. The molecule has 3 heteroatoms. The van der Waals surface area contributed by atoms with Crippen LogP contribution in [0, 0.1) is 5.92 Å². The minimum absolute atomic E-state index is 0.0875. The van der Waals surface area contributed by atoms with E-state index in [4.69, 9.17) is 0 Å². The zero-order valence-corrected chi connectivity index (χ0v) is 11.9. The van der Waals surface area contributed by atoms with E-state index in [9.17, 15) is 4.79 Å². The molecule has 0 bridgehead atoms. The first-order valence-corrected chi connectivity index (χ1v) is 7.16. The Morgan fingerprint density at radius 1 is 1.47 bits per heavy atom. The molecule has 0 aromatic carbocycles. The molecule has 1 aliphatic carbocycles. The first kappa shape index (κ1) is 12.6. The number of fused-ring (bicyclic) bond motifs is 1. The predicted molar refractivity (Wildman–Crippen MR) is 72.7 cm³/mol. The van der Waals surface area contributed by atoms with Gasteiger partial charge in [0, 0.05) is 15.8 Å². The molecule has 0 radical (unpaired) electrons. The van der Waals surface area contributed by atoms with Crippen LogP contribution in [0.15, 0.2) is 5.38 Å². The summed E-state index contributed by atoms with van der Waals surface area (Å²) >= 11 is 1.75. The Kier molecular flexibility index (Phi) is 3.30. The number of carbonyl (C=O) groups is 1. The number of rotatable bonds is 1. The van der Waals surface area contributed by atoms with E-state index in [1.54, 1.807) is 11.3 Å². The molecule has 2 nitrogen and oxygen atoms in total. The van der Waals surface area contributed by atoms with Crippen molar-refractivity contribution >= 4 is 17.2 Å². The maximum atomic E-state index is 12.2. The molecule has 0 fully saturated rings. The van der Waals surface area contributed by atoms with Crippen LogP contribution in [0.3, 0.4) is 0 Å². The number of hydrogen-bond donors (Lipinski definition) is 1. The molecule has 1 N–H and O–H groups in total. The van der Waals surface area contributed by atoms with E-state index >= 15 is 0 Å². The van der Waals surface area contributed by atoms with Gasteiger partial charge in [-0.1, -0.05) is 6.92 Å². The smallest absolute Gasteiger partial charge is 0.252 e. The maximum absolute atomic E-state index is 12.2. The monoisotopic (exact) mass is 251 g/mol. The Labute approximate surface area is 107 Å². The van der Waals surface area contributed by atoms with Crippen LogP contribution >= 0.6 is 11.3 Å². The minimum Gasteiger partial charge on any atom is -0.347 e. The standard InChI is InChI=1S/C14H21NOS/c1-9-5-6-10-11(8-17-12(10)7-9)13(16)15-14(2,3)4/h8-9H,5-7H2,1-4H3,(H,15,16). The molecule has 1 aliphatic rings. The molecule has 1 heterocycles. The average Bonchev–Trinajstić information content (AvgIpc) is 2.57. The van der Waals surface area contributed by atoms with Crippen LogP contribution in [0.5, 0.6) is 0 Å². The van der Waals surface area contributed by atoms with E-state index in [2.05, 4.69) is 12.2 Å². The van der Waals surface area contributed by atoms with Crippen LogP contribution in [0.2, 0.25) is 0 Å². The van der Waals surface area contributed by atoms with Gasteiger partial charge in [0.2, 0.25) is 0 Å². The molecule has 1 amide bonds. The molecule has 1 aromatic heterocycles.